The lowest BCUT2D eigenvalue weighted by molar-refractivity contribution is -0.176. The van der Waals surface area contributed by atoms with Crippen molar-refractivity contribution < 1.29 is 23.9 Å². The van der Waals surface area contributed by atoms with Crippen molar-refractivity contribution in [3.8, 4) is 11.8 Å². The van der Waals surface area contributed by atoms with E-state index in [0.29, 0.717) is 45.4 Å². The lowest BCUT2D eigenvalue weighted by atomic mass is 9.97. The average Bonchev–Trinajstić information content (AvgIpc) is 3.40. The number of amides is 1. The minimum absolute atomic E-state index is 0.213. The van der Waals surface area contributed by atoms with E-state index in [4.69, 9.17) is 37.5 Å². The number of anilines is 1. The maximum atomic E-state index is 13.9. The topological polar surface area (TPSA) is 189 Å². The number of ether oxygens (including phenoxy) is 2. The Morgan fingerprint density at radius 1 is 0.981 bits per heavy atom. The van der Waals surface area contributed by atoms with Gasteiger partial charge in [-0.3, -0.25) is 4.79 Å². The van der Waals surface area contributed by atoms with Crippen molar-refractivity contribution in [2.45, 2.75) is 50.1 Å². The summed E-state index contributed by atoms with van der Waals surface area (Å²) in [5, 5.41) is 6.06. The standard InChI is InChI=1S/C38H37ClN8O5S/c1-3-18-43-33-29-34(46-26(45-33)17-15-23-14-16-25(39)53-23)47(20-44-29)30-24-19-38(24,37(50)42-2)32(52-36(49)28(41)22-12-8-5-9-13-22)31(30)51-35(48)27(40)21-10-6-4-7-11-21/h4-14,16,20,24,27-28,30-32H,3,18-19,40-41H2,1-2H3,(H,42,50)(H,43,45,46)/t24?,27-,28?,30?,31?,32?,38-/m0/s1. The molecule has 2 fully saturated rings. The molecule has 2 aromatic carbocycles. The summed E-state index contributed by atoms with van der Waals surface area (Å²) in [6, 6.07) is 18.0. The van der Waals surface area contributed by atoms with Gasteiger partial charge < -0.3 is 36.1 Å². The molecular formula is C38H37ClN8O5S. The van der Waals surface area contributed by atoms with Gasteiger partial charge in [0.2, 0.25) is 11.7 Å². The molecule has 0 radical (unpaired) electrons. The molecule has 13 nitrogen and oxygen atoms in total. The van der Waals surface area contributed by atoms with Crippen LogP contribution in [0.3, 0.4) is 0 Å². The van der Waals surface area contributed by atoms with Gasteiger partial charge in [-0.1, -0.05) is 79.2 Å². The number of thiophene rings is 1. The fourth-order valence-corrected chi connectivity index (χ4v) is 7.99. The first-order valence-corrected chi connectivity index (χ1v) is 18.4. The van der Waals surface area contributed by atoms with Crippen molar-refractivity contribution in [3.63, 3.8) is 0 Å². The van der Waals surface area contributed by atoms with E-state index in [0.717, 1.165) is 11.3 Å². The van der Waals surface area contributed by atoms with Crippen LogP contribution in [0.1, 0.15) is 59.7 Å². The molecule has 2 aliphatic rings. The van der Waals surface area contributed by atoms with Crippen molar-refractivity contribution >= 4 is 57.8 Å². The Balaban J connectivity index is 1.33. The Labute approximate surface area is 314 Å². The Hall–Kier alpha value is -5.33. The van der Waals surface area contributed by atoms with Gasteiger partial charge in [0.05, 0.1) is 27.0 Å². The zero-order chi connectivity index (χ0) is 37.3. The van der Waals surface area contributed by atoms with Crippen molar-refractivity contribution in [2.24, 2.45) is 22.8 Å². The van der Waals surface area contributed by atoms with Crippen LogP contribution in [0.5, 0.6) is 0 Å². The Bertz CT molecular complexity index is 2220. The maximum Gasteiger partial charge on any atom is 0.328 e. The number of rotatable bonds is 11. The molecule has 0 bridgehead atoms. The molecule has 6 N–H and O–H groups in total. The Morgan fingerprint density at radius 3 is 2.25 bits per heavy atom. The molecule has 3 aromatic heterocycles. The van der Waals surface area contributed by atoms with Gasteiger partial charge in [0.15, 0.2) is 29.2 Å². The molecule has 5 aromatic rings. The number of halogens is 1. The minimum atomic E-state index is -1.25. The van der Waals surface area contributed by atoms with Gasteiger partial charge in [-0.2, -0.15) is 0 Å². The summed E-state index contributed by atoms with van der Waals surface area (Å²) in [4.78, 5) is 56.4. The molecule has 2 aliphatic carbocycles. The van der Waals surface area contributed by atoms with Crippen molar-refractivity contribution in [3.05, 3.63) is 105 Å². The highest BCUT2D eigenvalue weighted by atomic mass is 35.5. The molecule has 2 saturated carbocycles. The summed E-state index contributed by atoms with van der Waals surface area (Å²) in [6.07, 6.45) is 0.292. The van der Waals surface area contributed by atoms with Crippen molar-refractivity contribution in [1.82, 2.24) is 24.8 Å². The lowest BCUT2D eigenvalue weighted by Gasteiger charge is -2.32. The van der Waals surface area contributed by atoms with Crippen LogP contribution in [0, 0.1) is 23.2 Å². The van der Waals surface area contributed by atoms with E-state index in [2.05, 4.69) is 32.4 Å². The zero-order valence-corrected chi connectivity index (χ0v) is 30.4. The van der Waals surface area contributed by atoms with Crippen LogP contribution in [-0.4, -0.2) is 63.2 Å². The van der Waals surface area contributed by atoms with Gasteiger partial charge >= 0.3 is 11.9 Å². The molecule has 0 aliphatic heterocycles. The highest BCUT2D eigenvalue weighted by molar-refractivity contribution is 7.16. The van der Waals surface area contributed by atoms with Crippen LogP contribution >= 0.6 is 22.9 Å². The van der Waals surface area contributed by atoms with Crippen LogP contribution in [-0.2, 0) is 23.9 Å². The first kappa shape index (κ1) is 36.0. The van der Waals surface area contributed by atoms with Crippen LogP contribution in [0.2, 0.25) is 4.34 Å². The summed E-state index contributed by atoms with van der Waals surface area (Å²) in [5.41, 5.74) is 13.4. The Morgan fingerprint density at radius 2 is 1.64 bits per heavy atom. The number of aromatic nitrogens is 4. The molecule has 272 valence electrons. The van der Waals surface area contributed by atoms with Gasteiger partial charge in [0.25, 0.3) is 0 Å². The van der Waals surface area contributed by atoms with Crippen molar-refractivity contribution in [2.75, 3.05) is 18.9 Å². The first-order chi connectivity index (χ1) is 25.7. The monoisotopic (exact) mass is 752 g/mol. The summed E-state index contributed by atoms with van der Waals surface area (Å²) in [6.45, 7) is 2.63. The summed E-state index contributed by atoms with van der Waals surface area (Å²) in [7, 11) is 1.51. The number of carbonyl (C=O) groups excluding carboxylic acids is 3. The number of hydrogen-bond acceptors (Lipinski definition) is 12. The summed E-state index contributed by atoms with van der Waals surface area (Å²) >= 11 is 7.46. The number of fused-ring (bicyclic) bond motifs is 2. The highest BCUT2D eigenvalue weighted by Crippen LogP contribution is 2.69. The molecule has 7 rings (SSSR count). The number of carbonyl (C=O) groups is 3. The highest BCUT2D eigenvalue weighted by Gasteiger charge is 2.78. The molecule has 15 heteroatoms. The third-order valence-electron chi connectivity index (χ3n) is 9.74. The fraction of sp³-hybridized carbons (Fsp3) is 0.316. The normalized spacial score (nSPS) is 22.5. The van der Waals surface area contributed by atoms with E-state index in [1.54, 1.807) is 71.6 Å². The number of esters is 2. The van der Waals surface area contributed by atoms with Gasteiger partial charge in [-0.15, -0.1) is 11.3 Å². The predicted molar refractivity (Wildman–Crippen MR) is 200 cm³/mol. The SMILES string of the molecule is CCCNc1nc(C#Cc2ccc(Cl)s2)nc2c1ncn2C1C(OC(=O)[C@@H](N)c2ccccc2)C(OC(=O)C(N)c2ccccc2)[C@]2(C(=O)NC)CC12. The minimum Gasteiger partial charge on any atom is -0.456 e. The van der Waals surface area contributed by atoms with Crippen LogP contribution in [0.25, 0.3) is 11.2 Å². The van der Waals surface area contributed by atoms with Crippen LogP contribution in [0.4, 0.5) is 5.82 Å². The van der Waals surface area contributed by atoms with E-state index in [-0.39, 0.29) is 11.7 Å². The van der Waals surface area contributed by atoms with Gasteiger partial charge in [-0.25, -0.2) is 24.5 Å². The molecule has 5 unspecified atom stereocenters. The fourth-order valence-electron chi connectivity index (χ4n) is 7.09. The molecule has 0 saturated heterocycles. The summed E-state index contributed by atoms with van der Waals surface area (Å²) in [5.74, 6) is 4.42. The molecule has 53 heavy (non-hydrogen) atoms. The largest absolute Gasteiger partial charge is 0.456 e. The quantitative estimate of drug-likeness (QED) is 0.111. The second-order valence-corrected chi connectivity index (χ2v) is 14.7. The van der Waals surface area contributed by atoms with Gasteiger partial charge in [0, 0.05) is 19.5 Å². The van der Waals surface area contributed by atoms with Crippen LogP contribution < -0.4 is 22.1 Å². The van der Waals surface area contributed by atoms with E-state index in [1.165, 1.54) is 18.4 Å². The molecule has 1 amide bonds. The third kappa shape index (κ3) is 6.84. The number of hydrogen-bond donors (Lipinski definition) is 4. The molecule has 3 heterocycles. The van der Waals surface area contributed by atoms with E-state index >= 15 is 0 Å². The second kappa shape index (κ2) is 15.0. The maximum absolute atomic E-state index is 13.9. The first-order valence-electron chi connectivity index (χ1n) is 17.2. The van der Waals surface area contributed by atoms with Crippen LogP contribution in [0.15, 0.2) is 79.1 Å². The van der Waals surface area contributed by atoms with Gasteiger partial charge in [0.1, 0.15) is 12.1 Å². The number of imidazole rings is 1. The average molecular weight is 753 g/mol. The zero-order valence-electron chi connectivity index (χ0n) is 28.9. The Kier molecular flexibility index (Phi) is 10.2. The number of nitrogens with one attached hydrogen (secondary N) is 2. The number of nitrogens with two attached hydrogens (primary N) is 2. The lowest BCUT2D eigenvalue weighted by Crippen LogP contribution is -2.47. The second-order valence-electron chi connectivity index (χ2n) is 13.0. The smallest absolute Gasteiger partial charge is 0.328 e. The van der Waals surface area contributed by atoms with Gasteiger partial charge in [-0.05, 0) is 47.9 Å². The number of nitrogens with zero attached hydrogens (tertiary/aromatic N) is 4. The number of benzene rings is 2. The molecular weight excluding hydrogens is 716 g/mol. The molecule has 0 spiro atoms. The van der Waals surface area contributed by atoms with E-state index in [9.17, 15) is 14.4 Å². The predicted octanol–water partition coefficient (Wildman–Crippen LogP) is 4.29. The van der Waals surface area contributed by atoms with E-state index in [1.807, 2.05) is 19.1 Å². The van der Waals surface area contributed by atoms with Crippen molar-refractivity contribution in [1.29, 1.82) is 0 Å². The molecule has 7 atom stereocenters. The third-order valence-corrected chi connectivity index (χ3v) is 10.9. The van der Waals surface area contributed by atoms with E-state index < -0.39 is 53.6 Å². The summed E-state index contributed by atoms with van der Waals surface area (Å²) < 4.78 is 14.8.